The van der Waals surface area contributed by atoms with Crippen LogP contribution >= 0.6 is 0 Å². The van der Waals surface area contributed by atoms with Gasteiger partial charge in [0.2, 0.25) is 11.7 Å². The van der Waals surface area contributed by atoms with E-state index >= 15 is 0 Å². The van der Waals surface area contributed by atoms with Gasteiger partial charge in [-0.3, -0.25) is 0 Å². The van der Waals surface area contributed by atoms with E-state index in [1.54, 1.807) is 0 Å². The molecule has 5 nitrogen and oxygen atoms in total. The summed E-state index contributed by atoms with van der Waals surface area (Å²) in [7, 11) is 4.31. The molecule has 24 heavy (non-hydrogen) atoms. The van der Waals surface area contributed by atoms with Crippen molar-refractivity contribution in [1.29, 1.82) is 0 Å². The molecular formula is C19H22N4O. The molecule has 1 aromatic carbocycles. The molecule has 5 heteroatoms. The first kappa shape index (κ1) is 14.2. The molecule has 2 aliphatic heterocycles. The van der Waals surface area contributed by atoms with E-state index in [1.807, 2.05) is 0 Å². The maximum atomic E-state index is 5.69. The van der Waals surface area contributed by atoms with Crippen LogP contribution in [0.5, 0.6) is 0 Å². The number of fused-ring (bicyclic) bond motifs is 3. The molecule has 0 N–H and O–H groups in total. The lowest BCUT2D eigenvalue weighted by molar-refractivity contribution is 0.147. The predicted octanol–water partition coefficient (Wildman–Crippen LogP) is 3.57. The number of para-hydroxylation sites is 1. The van der Waals surface area contributed by atoms with E-state index < -0.39 is 0 Å². The number of aromatic nitrogens is 3. The molecule has 0 amide bonds. The molecule has 4 heterocycles. The van der Waals surface area contributed by atoms with E-state index in [0.29, 0.717) is 23.8 Å². The van der Waals surface area contributed by atoms with Gasteiger partial charge in [-0.25, -0.2) is 0 Å². The molecule has 2 fully saturated rings. The molecule has 2 bridgehead atoms. The lowest BCUT2D eigenvalue weighted by atomic mass is 9.91. The Labute approximate surface area is 141 Å². The summed E-state index contributed by atoms with van der Waals surface area (Å²) in [5.41, 5.74) is 2.25. The predicted molar refractivity (Wildman–Crippen MR) is 92.8 cm³/mol. The minimum atomic E-state index is 0.412. The monoisotopic (exact) mass is 322 g/mol. The van der Waals surface area contributed by atoms with Crippen molar-refractivity contribution >= 4 is 10.9 Å². The molecule has 0 aliphatic carbocycles. The summed E-state index contributed by atoms with van der Waals surface area (Å²) in [6.45, 7) is 0. The summed E-state index contributed by atoms with van der Waals surface area (Å²) in [5, 5.41) is 5.48. The molecule has 0 radical (unpaired) electrons. The van der Waals surface area contributed by atoms with Gasteiger partial charge in [-0.2, -0.15) is 4.98 Å². The number of hydrogen-bond donors (Lipinski definition) is 0. The van der Waals surface area contributed by atoms with Crippen LogP contribution in [-0.4, -0.2) is 38.7 Å². The molecule has 2 aliphatic rings. The third-order valence-corrected chi connectivity index (χ3v) is 6.03. The smallest absolute Gasteiger partial charge is 0.230 e. The van der Waals surface area contributed by atoms with Crippen LogP contribution in [0.1, 0.15) is 37.5 Å². The highest BCUT2D eigenvalue weighted by molar-refractivity contribution is 5.94. The fraction of sp³-hybridized carbons (Fsp3) is 0.474. The molecule has 2 aromatic heterocycles. The lowest BCUT2D eigenvalue weighted by Crippen LogP contribution is -2.39. The van der Waals surface area contributed by atoms with Crippen LogP contribution in [-0.2, 0) is 7.05 Å². The highest BCUT2D eigenvalue weighted by atomic mass is 16.5. The number of rotatable bonds is 2. The molecule has 2 saturated heterocycles. The highest BCUT2D eigenvalue weighted by Gasteiger charge is 2.40. The van der Waals surface area contributed by atoms with Gasteiger partial charge in [-0.15, -0.1) is 0 Å². The second-order valence-corrected chi connectivity index (χ2v) is 7.35. The number of benzene rings is 1. The van der Waals surface area contributed by atoms with Gasteiger partial charge in [-0.05, 0) is 38.8 Å². The zero-order valence-corrected chi connectivity index (χ0v) is 14.1. The normalized spacial score (nSPS) is 27.2. The molecule has 0 saturated carbocycles. The summed E-state index contributed by atoms with van der Waals surface area (Å²) in [6.07, 6.45) is 7.00. The van der Waals surface area contributed by atoms with Crippen molar-refractivity contribution < 1.29 is 4.52 Å². The minimum Gasteiger partial charge on any atom is -0.350 e. The van der Waals surface area contributed by atoms with Gasteiger partial charge in [0.15, 0.2) is 0 Å². The standard InChI is InChI=1S/C19H22N4O/c1-22-11-16(15-5-3-4-6-17(15)22)18-20-19(24-21-18)12-9-13-7-8-14(10-12)23(13)2/h3-6,11-14H,7-10H2,1-2H3/t12?,13-,14+. The minimum absolute atomic E-state index is 0.412. The Morgan fingerprint density at radius 1 is 1.08 bits per heavy atom. The SMILES string of the molecule is CN1[C@@H]2CC[C@H]1CC(c1nc(-c3cn(C)c4ccccc34)no1)C2. The van der Waals surface area contributed by atoms with Gasteiger partial charge in [-0.1, -0.05) is 23.4 Å². The summed E-state index contributed by atoms with van der Waals surface area (Å²) < 4.78 is 7.81. The van der Waals surface area contributed by atoms with Crippen LogP contribution < -0.4 is 0 Å². The molecule has 0 spiro atoms. The fourth-order valence-electron chi connectivity index (χ4n) is 4.64. The van der Waals surface area contributed by atoms with Gasteiger partial charge < -0.3 is 14.0 Å². The zero-order chi connectivity index (χ0) is 16.3. The Bertz CT molecular complexity index is 882. The summed E-state index contributed by atoms with van der Waals surface area (Å²) in [4.78, 5) is 7.32. The first-order valence-corrected chi connectivity index (χ1v) is 8.80. The van der Waals surface area contributed by atoms with Gasteiger partial charge in [0, 0.05) is 47.7 Å². The topological polar surface area (TPSA) is 47.1 Å². The second kappa shape index (κ2) is 5.18. The van der Waals surface area contributed by atoms with Crippen molar-refractivity contribution in [2.24, 2.45) is 7.05 Å². The quantitative estimate of drug-likeness (QED) is 0.723. The maximum absolute atomic E-state index is 5.69. The Morgan fingerprint density at radius 2 is 1.83 bits per heavy atom. The lowest BCUT2D eigenvalue weighted by Gasteiger charge is -2.34. The van der Waals surface area contributed by atoms with Crippen molar-refractivity contribution in [3.8, 4) is 11.4 Å². The van der Waals surface area contributed by atoms with E-state index in [-0.39, 0.29) is 0 Å². The number of aryl methyl sites for hydroxylation is 1. The maximum Gasteiger partial charge on any atom is 0.230 e. The first-order valence-electron chi connectivity index (χ1n) is 8.80. The van der Waals surface area contributed by atoms with Gasteiger partial charge in [0.05, 0.1) is 0 Å². The average Bonchev–Trinajstić information content (AvgIpc) is 3.24. The Morgan fingerprint density at radius 3 is 2.62 bits per heavy atom. The fourth-order valence-corrected chi connectivity index (χ4v) is 4.64. The summed E-state index contributed by atoms with van der Waals surface area (Å²) in [6, 6.07) is 9.72. The Kier molecular flexibility index (Phi) is 3.07. The van der Waals surface area contributed by atoms with Crippen LogP contribution in [0.15, 0.2) is 35.0 Å². The Balaban J connectivity index is 1.49. The first-order chi connectivity index (χ1) is 11.7. The van der Waals surface area contributed by atoms with Gasteiger partial charge >= 0.3 is 0 Å². The van der Waals surface area contributed by atoms with Crippen LogP contribution in [0.3, 0.4) is 0 Å². The van der Waals surface area contributed by atoms with Crippen LogP contribution in [0.4, 0.5) is 0 Å². The van der Waals surface area contributed by atoms with Crippen molar-refractivity contribution in [2.75, 3.05) is 7.05 Å². The summed E-state index contributed by atoms with van der Waals surface area (Å²) in [5.74, 6) is 1.95. The van der Waals surface area contributed by atoms with Gasteiger partial charge in [0.25, 0.3) is 0 Å². The Hall–Kier alpha value is -2.14. The van der Waals surface area contributed by atoms with E-state index in [4.69, 9.17) is 9.51 Å². The largest absolute Gasteiger partial charge is 0.350 e. The van der Waals surface area contributed by atoms with Crippen LogP contribution in [0.2, 0.25) is 0 Å². The number of hydrogen-bond acceptors (Lipinski definition) is 4. The highest BCUT2D eigenvalue weighted by Crippen LogP contribution is 2.42. The van der Waals surface area contributed by atoms with Crippen molar-refractivity contribution in [3.63, 3.8) is 0 Å². The van der Waals surface area contributed by atoms with E-state index in [9.17, 15) is 0 Å². The number of piperidine rings is 1. The van der Waals surface area contributed by atoms with E-state index in [0.717, 1.165) is 24.3 Å². The van der Waals surface area contributed by atoms with Crippen LogP contribution in [0.25, 0.3) is 22.3 Å². The third kappa shape index (κ3) is 2.04. The second-order valence-electron chi connectivity index (χ2n) is 7.35. The molecular weight excluding hydrogens is 300 g/mol. The molecule has 3 atom stereocenters. The number of nitrogens with zero attached hydrogens (tertiary/aromatic N) is 4. The van der Waals surface area contributed by atoms with E-state index in [1.165, 1.54) is 23.7 Å². The van der Waals surface area contributed by atoms with Crippen molar-refractivity contribution in [1.82, 2.24) is 19.6 Å². The molecule has 3 aromatic rings. The molecule has 124 valence electrons. The molecule has 5 rings (SSSR count). The van der Waals surface area contributed by atoms with E-state index in [2.05, 4.69) is 59.2 Å². The molecule has 1 unspecified atom stereocenters. The van der Waals surface area contributed by atoms with Gasteiger partial charge in [0.1, 0.15) is 0 Å². The summed E-state index contributed by atoms with van der Waals surface area (Å²) >= 11 is 0. The van der Waals surface area contributed by atoms with Crippen molar-refractivity contribution in [2.45, 2.75) is 43.7 Å². The third-order valence-electron chi connectivity index (χ3n) is 6.03. The average molecular weight is 322 g/mol. The zero-order valence-electron chi connectivity index (χ0n) is 14.1. The van der Waals surface area contributed by atoms with Crippen molar-refractivity contribution in [3.05, 3.63) is 36.4 Å². The van der Waals surface area contributed by atoms with Crippen LogP contribution in [0, 0.1) is 0 Å².